The van der Waals surface area contributed by atoms with Crippen molar-refractivity contribution in [3.63, 3.8) is 0 Å². The fourth-order valence-corrected chi connectivity index (χ4v) is 6.52. The average Bonchev–Trinajstić information content (AvgIpc) is 2.96. The van der Waals surface area contributed by atoms with Crippen LogP contribution in [0.3, 0.4) is 0 Å². The summed E-state index contributed by atoms with van der Waals surface area (Å²) in [5.74, 6) is -1.64. The Bertz CT molecular complexity index is 1670. The van der Waals surface area contributed by atoms with Crippen molar-refractivity contribution in [3.05, 3.63) is 113 Å². The maximum Gasteiger partial charge on any atom is 0.303 e. The highest BCUT2D eigenvalue weighted by molar-refractivity contribution is 6.11. The Balaban J connectivity index is 1.66. The second-order valence-corrected chi connectivity index (χ2v) is 10.5. The molecule has 0 radical (unpaired) electrons. The molecule has 4 aromatic rings. The minimum atomic E-state index is -0.822. The fraction of sp³-hybridized carbons (Fsp3) is 0.206. The number of hydrogen-bond donors (Lipinski definition) is 2. The highest BCUT2D eigenvalue weighted by Gasteiger charge is 2.44. The monoisotopic (exact) mass is 531 g/mol. The number of pyridine rings is 1. The van der Waals surface area contributed by atoms with Gasteiger partial charge in [0, 0.05) is 52.0 Å². The summed E-state index contributed by atoms with van der Waals surface area (Å²) in [7, 11) is 0. The molecule has 1 aliphatic heterocycles. The Hall–Kier alpha value is -4.55. The maximum absolute atomic E-state index is 11.5. The van der Waals surface area contributed by atoms with Crippen LogP contribution in [-0.4, -0.2) is 40.2 Å². The summed E-state index contributed by atoms with van der Waals surface area (Å²) in [5, 5.41) is 21.1. The van der Waals surface area contributed by atoms with Crippen molar-refractivity contribution in [3.8, 4) is 0 Å². The van der Waals surface area contributed by atoms with Gasteiger partial charge < -0.3 is 10.2 Å². The van der Waals surface area contributed by atoms with Crippen LogP contribution in [0.25, 0.3) is 27.4 Å². The molecule has 0 bridgehead atoms. The van der Waals surface area contributed by atoms with Crippen molar-refractivity contribution >= 4 is 45.0 Å². The Kier molecular flexibility index (Phi) is 6.78. The molecule has 6 nitrogen and oxygen atoms in total. The second kappa shape index (κ2) is 10.5. The van der Waals surface area contributed by atoms with Gasteiger partial charge in [-0.05, 0) is 30.7 Å². The lowest BCUT2D eigenvalue weighted by Crippen LogP contribution is -2.52. The second-order valence-electron chi connectivity index (χ2n) is 10.5. The summed E-state index contributed by atoms with van der Waals surface area (Å²) in [6.45, 7) is 1.16. The number of benzene rings is 3. The van der Waals surface area contributed by atoms with E-state index in [0.29, 0.717) is 30.4 Å². The van der Waals surface area contributed by atoms with Gasteiger partial charge in [-0.3, -0.25) is 14.1 Å². The molecule has 0 spiro atoms. The molecule has 0 atom stereocenters. The van der Waals surface area contributed by atoms with E-state index in [1.54, 1.807) is 0 Å². The summed E-state index contributed by atoms with van der Waals surface area (Å²) in [5.41, 5.74) is 8.72. The number of quaternary nitrogens is 1. The van der Waals surface area contributed by atoms with Crippen molar-refractivity contribution in [2.24, 2.45) is 0 Å². The van der Waals surface area contributed by atoms with E-state index < -0.39 is 11.9 Å². The Morgan fingerprint density at radius 3 is 1.98 bits per heavy atom. The lowest BCUT2D eigenvalue weighted by molar-refractivity contribution is -0.138. The van der Waals surface area contributed by atoms with Crippen molar-refractivity contribution < 1.29 is 19.8 Å². The standard InChI is InChI=1S/C34H30N2O4/c37-31(38)19-9-21-36(22-10-20-32(39)40)29-17-7-3-13-25(29)34(26-14-4-8-18-30(26)36)33-23-11-1-5-15-27(23)35-28-16-6-2-12-24(28)33/h1-8,11-13,15-18H,9-10,14,19-22H2,(H-,37,38,39,40)/p+1. The van der Waals surface area contributed by atoms with E-state index in [-0.39, 0.29) is 12.8 Å². The van der Waals surface area contributed by atoms with Crippen LogP contribution in [0.5, 0.6) is 0 Å². The molecule has 0 unspecified atom stereocenters. The molecule has 3 aromatic carbocycles. The molecule has 1 aromatic heterocycles. The summed E-state index contributed by atoms with van der Waals surface area (Å²) in [6.07, 6.45) is 8.24. The molecule has 0 saturated carbocycles. The van der Waals surface area contributed by atoms with E-state index in [1.165, 1.54) is 11.1 Å². The van der Waals surface area contributed by atoms with Crippen molar-refractivity contribution in [2.75, 3.05) is 13.1 Å². The summed E-state index contributed by atoms with van der Waals surface area (Å²) in [6, 6.07) is 24.9. The highest BCUT2D eigenvalue weighted by atomic mass is 16.4. The van der Waals surface area contributed by atoms with Gasteiger partial charge in [0.25, 0.3) is 0 Å². The van der Waals surface area contributed by atoms with Gasteiger partial charge in [0.2, 0.25) is 0 Å². The highest BCUT2D eigenvalue weighted by Crippen LogP contribution is 2.52. The zero-order valence-corrected chi connectivity index (χ0v) is 22.2. The SMILES string of the molecule is O=C(O)CCC[N+]1(CCCC(=O)O)C2=CC=CCC2=C(c2c3ccccc3nc3ccccc23)c2ccccc21. The number of carbonyl (C=O) groups is 2. The number of nitrogens with zero attached hydrogens (tertiary/aromatic N) is 2. The van der Waals surface area contributed by atoms with Gasteiger partial charge in [0.1, 0.15) is 11.4 Å². The van der Waals surface area contributed by atoms with Gasteiger partial charge in [-0.2, -0.15) is 0 Å². The molecule has 0 fully saturated rings. The summed E-state index contributed by atoms with van der Waals surface area (Å²) in [4.78, 5) is 28.0. The molecule has 6 heteroatoms. The number of carboxylic acid groups (broad SMARTS) is 2. The van der Waals surface area contributed by atoms with Crippen molar-refractivity contribution in [1.82, 2.24) is 9.47 Å². The molecule has 1 aliphatic carbocycles. The van der Waals surface area contributed by atoms with Crippen LogP contribution < -0.4 is 4.48 Å². The van der Waals surface area contributed by atoms with Crippen LogP contribution in [0.1, 0.15) is 43.2 Å². The third kappa shape index (κ3) is 4.40. The van der Waals surface area contributed by atoms with E-state index >= 15 is 0 Å². The van der Waals surface area contributed by atoms with Gasteiger partial charge in [0.15, 0.2) is 0 Å². The van der Waals surface area contributed by atoms with E-state index in [9.17, 15) is 19.8 Å². The average molecular weight is 532 g/mol. The molecule has 2 aliphatic rings. The maximum atomic E-state index is 11.5. The first-order valence-corrected chi connectivity index (χ1v) is 13.8. The topological polar surface area (TPSA) is 87.5 Å². The first-order valence-electron chi connectivity index (χ1n) is 13.8. The van der Waals surface area contributed by atoms with Gasteiger partial charge in [0.05, 0.1) is 37.0 Å². The molecule has 200 valence electrons. The largest absolute Gasteiger partial charge is 0.481 e. The number of carboxylic acids is 2. The molecule has 2 N–H and O–H groups in total. The third-order valence-corrected chi connectivity index (χ3v) is 8.12. The normalized spacial score (nSPS) is 15.6. The van der Waals surface area contributed by atoms with E-state index in [2.05, 4.69) is 72.8 Å². The molecule has 40 heavy (non-hydrogen) atoms. The van der Waals surface area contributed by atoms with Crippen LogP contribution in [0, 0.1) is 0 Å². The smallest absolute Gasteiger partial charge is 0.303 e. The van der Waals surface area contributed by atoms with Crippen molar-refractivity contribution in [2.45, 2.75) is 32.1 Å². The van der Waals surface area contributed by atoms with Crippen LogP contribution in [-0.2, 0) is 9.59 Å². The first kappa shape index (κ1) is 25.7. The van der Waals surface area contributed by atoms with E-state index in [1.807, 2.05) is 18.2 Å². The number of rotatable bonds is 9. The Morgan fingerprint density at radius 2 is 1.35 bits per heavy atom. The minimum absolute atomic E-state index is 0.0652. The number of aromatic nitrogens is 1. The quantitative estimate of drug-likeness (QED) is 0.178. The number of hydrogen-bond acceptors (Lipinski definition) is 3. The van der Waals surface area contributed by atoms with Gasteiger partial charge in [-0.25, -0.2) is 4.98 Å². The molecule has 0 amide bonds. The van der Waals surface area contributed by atoms with Crippen LogP contribution in [0.2, 0.25) is 0 Å². The van der Waals surface area contributed by atoms with Gasteiger partial charge in [-0.15, -0.1) is 0 Å². The molecular weight excluding hydrogens is 500 g/mol. The molecule has 6 rings (SSSR count). The number of allylic oxidation sites excluding steroid dienone is 4. The fourth-order valence-electron chi connectivity index (χ4n) is 6.52. The van der Waals surface area contributed by atoms with Gasteiger partial charge >= 0.3 is 11.9 Å². The Morgan fingerprint density at radius 1 is 0.775 bits per heavy atom. The Labute approximate surface area is 232 Å². The lowest BCUT2D eigenvalue weighted by Gasteiger charge is -2.45. The summed E-state index contributed by atoms with van der Waals surface area (Å²) < 4.78 is 0.445. The molecule has 0 saturated heterocycles. The van der Waals surface area contributed by atoms with Crippen LogP contribution >= 0.6 is 0 Å². The number of fused-ring (bicyclic) bond motifs is 4. The zero-order valence-electron chi connectivity index (χ0n) is 22.2. The number of para-hydroxylation sites is 3. The lowest BCUT2D eigenvalue weighted by atomic mass is 9.79. The molecular formula is C34H31N2O4+. The predicted molar refractivity (Wildman–Crippen MR) is 159 cm³/mol. The third-order valence-electron chi connectivity index (χ3n) is 8.12. The molecule has 2 heterocycles. The first-order chi connectivity index (χ1) is 19.5. The van der Waals surface area contributed by atoms with E-state index in [4.69, 9.17) is 4.98 Å². The minimum Gasteiger partial charge on any atom is -0.481 e. The number of aliphatic carboxylic acids is 2. The zero-order chi connectivity index (χ0) is 27.7. The van der Waals surface area contributed by atoms with Crippen LogP contribution in [0.15, 0.2) is 102 Å². The predicted octanol–water partition coefficient (Wildman–Crippen LogP) is 7.08. The van der Waals surface area contributed by atoms with Crippen molar-refractivity contribution in [1.29, 1.82) is 0 Å². The van der Waals surface area contributed by atoms with Crippen LogP contribution in [0.4, 0.5) is 5.69 Å². The van der Waals surface area contributed by atoms with E-state index in [0.717, 1.165) is 50.7 Å². The van der Waals surface area contributed by atoms with Gasteiger partial charge in [-0.1, -0.05) is 60.7 Å². The summed E-state index contributed by atoms with van der Waals surface area (Å²) >= 11 is 0.